The average molecular weight is 232 g/mol. The Balaban J connectivity index is 2.36. The Hall–Kier alpha value is -1.35. The molecule has 92 valence electrons. The molecule has 3 heteroatoms. The Morgan fingerprint density at radius 2 is 2.24 bits per heavy atom. The van der Waals surface area contributed by atoms with Gasteiger partial charge in [0.25, 0.3) is 0 Å². The zero-order valence-corrected chi connectivity index (χ0v) is 10.5. The Bertz CT molecular complexity index is 416. The molecule has 0 fully saturated rings. The van der Waals surface area contributed by atoms with E-state index in [0.717, 1.165) is 36.7 Å². The first-order valence-electron chi connectivity index (χ1n) is 6.23. The molecule has 0 saturated carbocycles. The van der Waals surface area contributed by atoms with Crippen molar-refractivity contribution in [1.82, 2.24) is 5.32 Å². The number of nitrogens with one attached hydrogen (secondary N) is 1. The number of carbonyl (C=O) groups excluding carboxylic acids is 1. The first-order valence-corrected chi connectivity index (χ1v) is 6.23. The van der Waals surface area contributed by atoms with Crippen LogP contribution in [-0.4, -0.2) is 18.4 Å². The van der Waals surface area contributed by atoms with Crippen molar-refractivity contribution in [3.63, 3.8) is 0 Å². The van der Waals surface area contributed by atoms with Crippen LogP contribution in [-0.2, 0) is 4.79 Å². The van der Waals surface area contributed by atoms with Gasteiger partial charge in [0, 0.05) is 23.4 Å². The Kier molecular flexibility index (Phi) is 3.48. The molecule has 0 amide bonds. The summed E-state index contributed by atoms with van der Waals surface area (Å²) < 4.78 is 0. The van der Waals surface area contributed by atoms with Crippen LogP contribution < -0.4 is 11.1 Å². The molecule has 2 aliphatic carbocycles. The lowest BCUT2D eigenvalue weighted by Crippen LogP contribution is -2.39. The maximum absolute atomic E-state index is 11.0. The van der Waals surface area contributed by atoms with E-state index in [0.29, 0.717) is 11.7 Å². The summed E-state index contributed by atoms with van der Waals surface area (Å²) in [5.41, 5.74) is 10.0. The van der Waals surface area contributed by atoms with Gasteiger partial charge in [-0.25, -0.2) is 0 Å². The predicted octanol–water partition coefficient (Wildman–Crippen LogP) is 1.81. The molecule has 0 heterocycles. The summed E-state index contributed by atoms with van der Waals surface area (Å²) in [6, 6.07) is 0.667. The number of aldehydes is 1. The van der Waals surface area contributed by atoms with Gasteiger partial charge >= 0.3 is 0 Å². The molecule has 1 atom stereocenters. The van der Waals surface area contributed by atoms with Gasteiger partial charge in [0.1, 0.15) is 6.29 Å². The number of hydrogen-bond donors (Lipinski definition) is 2. The molecule has 0 spiro atoms. The second-order valence-corrected chi connectivity index (χ2v) is 5.01. The highest BCUT2D eigenvalue weighted by molar-refractivity contribution is 5.77. The van der Waals surface area contributed by atoms with E-state index < -0.39 is 0 Å². The highest BCUT2D eigenvalue weighted by atomic mass is 16.1. The van der Waals surface area contributed by atoms with Gasteiger partial charge in [0.2, 0.25) is 0 Å². The standard InChI is InChI=1S/C14H20N2O/c1-9(2)16-12-5-3-4-10-6-7-11(8-17)14(15)13(10)12/h3-4,8-9,12,16H,5-7,15H2,1-2H3. The summed E-state index contributed by atoms with van der Waals surface area (Å²) in [5.74, 6) is 0. The van der Waals surface area contributed by atoms with Gasteiger partial charge in [-0.05, 0) is 30.4 Å². The lowest BCUT2D eigenvalue weighted by molar-refractivity contribution is -0.105. The maximum Gasteiger partial charge on any atom is 0.148 e. The molecule has 0 aromatic heterocycles. The zero-order valence-electron chi connectivity index (χ0n) is 10.5. The van der Waals surface area contributed by atoms with Crippen molar-refractivity contribution in [1.29, 1.82) is 0 Å². The third kappa shape index (κ3) is 2.34. The van der Waals surface area contributed by atoms with Gasteiger partial charge in [-0.3, -0.25) is 4.79 Å². The highest BCUT2D eigenvalue weighted by Gasteiger charge is 2.26. The van der Waals surface area contributed by atoms with Gasteiger partial charge in [-0.15, -0.1) is 0 Å². The third-order valence-electron chi connectivity index (χ3n) is 3.36. The summed E-state index contributed by atoms with van der Waals surface area (Å²) >= 11 is 0. The monoisotopic (exact) mass is 232 g/mol. The number of nitrogens with two attached hydrogens (primary N) is 1. The van der Waals surface area contributed by atoms with Crippen LogP contribution in [0.2, 0.25) is 0 Å². The van der Waals surface area contributed by atoms with Gasteiger partial charge < -0.3 is 11.1 Å². The Labute approximate surface area is 102 Å². The molecule has 3 nitrogen and oxygen atoms in total. The maximum atomic E-state index is 11.0. The number of hydrogen-bond acceptors (Lipinski definition) is 3. The van der Waals surface area contributed by atoms with Crippen molar-refractivity contribution >= 4 is 6.29 Å². The van der Waals surface area contributed by atoms with Crippen LogP contribution in [0, 0.1) is 0 Å². The van der Waals surface area contributed by atoms with Crippen LogP contribution in [0.15, 0.2) is 34.6 Å². The second kappa shape index (κ2) is 4.88. The largest absolute Gasteiger partial charge is 0.398 e. The van der Waals surface area contributed by atoms with E-state index in [9.17, 15) is 4.79 Å². The molecule has 0 saturated heterocycles. The fourth-order valence-electron chi connectivity index (χ4n) is 2.61. The van der Waals surface area contributed by atoms with Crippen molar-refractivity contribution in [2.75, 3.05) is 0 Å². The second-order valence-electron chi connectivity index (χ2n) is 5.01. The molecule has 2 aliphatic rings. The van der Waals surface area contributed by atoms with Crippen molar-refractivity contribution < 1.29 is 4.79 Å². The zero-order chi connectivity index (χ0) is 12.4. The minimum atomic E-state index is 0.255. The summed E-state index contributed by atoms with van der Waals surface area (Å²) in [6.45, 7) is 4.25. The summed E-state index contributed by atoms with van der Waals surface area (Å²) in [4.78, 5) is 11.0. The van der Waals surface area contributed by atoms with E-state index in [1.54, 1.807) is 0 Å². The van der Waals surface area contributed by atoms with Crippen molar-refractivity contribution in [2.24, 2.45) is 5.73 Å². The topological polar surface area (TPSA) is 55.1 Å². The molecule has 0 aromatic rings. The van der Waals surface area contributed by atoms with Crippen LogP contribution in [0.1, 0.15) is 33.1 Å². The number of allylic oxidation sites excluding steroid dienone is 3. The van der Waals surface area contributed by atoms with E-state index >= 15 is 0 Å². The van der Waals surface area contributed by atoms with E-state index in [1.165, 1.54) is 5.57 Å². The molecule has 0 bridgehead atoms. The number of rotatable bonds is 3. The Morgan fingerprint density at radius 1 is 1.47 bits per heavy atom. The lowest BCUT2D eigenvalue weighted by Gasteiger charge is -2.31. The SMILES string of the molecule is CC(C)NC1CC=CC2=C1C(N)=C(C=O)CC2. The van der Waals surface area contributed by atoms with Crippen LogP contribution in [0.25, 0.3) is 0 Å². The van der Waals surface area contributed by atoms with Crippen LogP contribution >= 0.6 is 0 Å². The minimum absolute atomic E-state index is 0.255. The molecule has 0 aromatic carbocycles. The van der Waals surface area contributed by atoms with Crippen LogP contribution in [0.3, 0.4) is 0 Å². The van der Waals surface area contributed by atoms with E-state index in [2.05, 4.69) is 31.3 Å². The normalized spacial score (nSPS) is 24.3. The van der Waals surface area contributed by atoms with Crippen molar-refractivity contribution in [3.8, 4) is 0 Å². The average Bonchev–Trinajstić information content (AvgIpc) is 2.29. The molecule has 1 unspecified atom stereocenters. The first-order chi connectivity index (χ1) is 8.13. The molecular weight excluding hydrogens is 212 g/mol. The van der Waals surface area contributed by atoms with Crippen molar-refractivity contribution in [2.45, 2.75) is 45.2 Å². The molecular formula is C14H20N2O. The van der Waals surface area contributed by atoms with Crippen molar-refractivity contribution in [3.05, 3.63) is 34.6 Å². The lowest BCUT2D eigenvalue weighted by atomic mass is 9.82. The molecule has 0 radical (unpaired) electrons. The third-order valence-corrected chi connectivity index (χ3v) is 3.36. The van der Waals surface area contributed by atoms with Crippen LogP contribution in [0.4, 0.5) is 0 Å². The van der Waals surface area contributed by atoms with E-state index in [-0.39, 0.29) is 6.04 Å². The molecule has 0 aliphatic heterocycles. The molecule has 2 rings (SSSR count). The number of carbonyl (C=O) groups is 1. The fraction of sp³-hybridized carbons (Fsp3) is 0.500. The smallest absolute Gasteiger partial charge is 0.148 e. The quantitative estimate of drug-likeness (QED) is 0.730. The van der Waals surface area contributed by atoms with Gasteiger partial charge in [0.05, 0.1) is 0 Å². The molecule has 3 N–H and O–H groups in total. The Morgan fingerprint density at radius 3 is 2.88 bits per heavy atom. The van der Waals surface area contributed by atoms with Gasteiger partial charge in [0.15, 0.2) is 0 Å². The summed E-state index contributed by atoms with van der Waals surface area (Å²) in [6.07, 6.45) is 7.90. The predicted molar refractivity (Wildman–Crippen MR) is 69.4 cm³/mol. The summed E-state index contributed by atoms with van der Waals surface area (Å²) in [7, 11) is 0. The van der Waals surface area contributed by atoms with E-state index in [4.69, 9.17) is 5.73 Å². The first kappa shape index (κ1) is 12.1. The minimum Gasteiger partial charge on any atom is -0.398 e. The van der Waals surface area contributed by atoms with Gasteiger partial charge in [-0.2, -0.15) is 0 Å². The highest BCUT2D eigenvalue weighted by Crippen LogP contribution is 2.33. The van der Waals surface area contributed by atoms with Crippen LogP contribution in [0.5, 0.6) is 0 Å². The molecule has 17 heavy (non-hydrogen) atoms. The summed E-state index contributed by atoms with van der Waals surface area (Å²) in [5, 5.41) is 3.52. The van der Waals surface area contributed by atoms with Gasteiger partial charge in [-0.1, -0.05) is 26.0 Å². The fourth-order valence-corrected chi connectivity index (χ4v) is 2.61. The van der Waals surface area contributed by atoms with E-state index in [1.807, 2.05) is 0 Å².